The Bertz CT molecular complexity index is 746. The molecule has 4 nitrogen and oxygen atoms in total. The second-order valence-electron chi connectivity index (χ2n) is 5.93. The molecule has 2 aromatic heterocycles. The van der Waals surface area contributed by atoms with Crippen molar-refractivity contribution in [3.8, 4) is 0 Å². The van der Waals surface area contributed by atoms with E-state index in [-0.39, 0.29) is 0 Å². The molecule has 1 saturated heterocycles. The lowest BCUT2D eigenvalue weighted by molar-refractivity contribution is 0.137. The Hall–Kier alpha value is -1.72. The molecule has 3 aromatic rings. The van der Waals surface area contributed by atoms with Crippen molar-refractivity contribution in [2.24, 2.45) is 0 Å². The molecule has 0 bridgehead atoms. The third-order valence-corrected chi connectivity index (χ3v) is 5.39. The summed E-state index contributed by atoms with van der Waals surface area (Å²) in [6.07, 6.45) is 3.70. The number of thiazole rings is 1. The lowest BCUT2D eigenvalue weighted by Gasteiger charge is -2.33. The summed E-state index contributed by atoms with van der Waals surface area (Å²) < 4.78 is 6.48. The molecule has 0 aliphatic carbocycles. The minimum absolute atomic E-state index is 0.406. The van der Waals surface area contributed by atoms with E-state index < -0.39 is 0 Å². The monoisotopic (exact) mass is 313 g/mol. The van der Waals surface area contributed by atoms with Gasteiger partial charge in [-0.15, -0.1) is 11.3 Å². The SMILES string of the molecule is Cc1cc(CN2CCCCC2c2nc3ccccc3s2)no1. The van der Waals surface area contributed by atoms with Gasteiger partial charge in [0.05, 0.1) is 22.0 Å². The number of fused-ring (bicyclic) bond motifs is 1. The minimum Gasteiger partial charge on any atom is -0.361 e. The van der Waals surface area contributed by atoms with E-state index in [9.17, 15) is 0 Å². The summed E-state index contributed by atoms with van der Waals surface area (Å²) in [6, 6.07) is 10.8. The van der Waals surface area contributed by atoms with Crippen LogP contribution in [-0.2, 0) is 6.54 Å². The van der Waals surface area contributed by atoms with Crippen molar-refractivity contribution in [3.63, 3.8) is 0 Å². The maximum Gasteiger partial charge on any atom is 0.133 e. The fourth-order valence-electron chi connectivity index (χ4n) is 3.19. The van der Waals surface area contributed by atoms with Crippen LogP contribution in [-0.4, -0.2) is 21.6 Å². The van der Waals surface area contributed by atoms with Crippen LogP contribution in [0, 0.1) is 6.92 Å². The van der Waals surface area contributed by atoms with E-state index in [2.05, 4.69) is 34.3 Å². The first kappa shape index (κ1) is 13.9. The minimum atomic E-state index is 0.406. The first-order valence-electron chi connectivity index (χ1n) is 7.81. The van der Waals surface area contributed by atoms with Crippen molar-refractivity contribution < 1.29 is 4.52 Å². The fourth-order valence-corrected chi connectivity index (χ4v) is 4.33. The molecule has 0 radical (unpaired) electrons. The molecular weight excluding hydrogens is 294 g/mol. The second-order valence-corrected chi connectivity index (χ2v) is 6.99. The van der Waals surface area contributed by atoms with Crippen LogP contribution < -0.4 is 0 Å². The summed E-state index contributed by atoms with van der Waals surface area (Å²) in [4.78, 5) is 7.36. The lowest BCUT2D eigenvalue weighted by atomic mass is 10.0. The van der Waals surface area contributed by atoms with Gasteiger partial charge in [0.2, 0.25) is 0 Å². The van der Waals surface area contributed by atoms with Gasteiger partial charge in [0, 0.05) is 12.6 Å². The summed E-state index contributed by atoms with van der Waals surface area (Å²) in [6.45, 7) is 3.89. The number of aryl methyl sites for hydroxylation is 1. The lowest BCUT2D eigenvalue weighted by Crippen LogP contribution is -2.32. The molecule has 4 rings (SSSR count). The third-order valence-electron chi connectivity index (χ3n) is 4.25. The number of piperidine rings is 1. The Kier molecular flexibility index (Phi) is 3.68. The average molecular weight is 313 g/mol. The Balaban J connectivity index is 1.62. The van der Waals surface area contributed by atoms with Gasteiger partial charge in [-0.3, -0.25) is 4.90 Å². The number of aromatic nitrogens is 2. The standard InChI is InChI=1S/C17H19N3OS/c1-12-10-13(19-21-12)11-20-9-5-4-7-15(20)17-18-14-6-2-3-8-16(14)22-17/h2-3,6,8,10,15H,4-5,7,9,11H2,1H3. The summed E-state index contributed by atoms with van der Waals surface area (Å²) in [5, 5.41) is 5.38. The zero-order chi connectivity index (χ0) is 14.9. The largest absolute Gasteiger partial charge is 0.361 e. The maximum atomic E-state index is 5.21. The van der Waals surface area contributed by atoms with Crippen molar-refractivity contribution in [2.75, 3.05) is 6.54 Å². The number of likely N-dealkylation sites (tertiary alicyclic amines) is 1. The van der Waals surface area contributed by atoms with Crippen LogP contribution >= 0.6 is 11.3 Å². The third kappa shape index (κ3) is 2.66. The van der Waals surface area contributed by atoms with E-state index >= 15 is 0 Å². The van der Waals surface area contributed by atoms with Crippen LogP contribution in [0.4, 0.5) is 0 Å². The molecule has 1 aliphatic rings. The molecule has 3 heterocycles. The molecular formula is C17H19N3OS. The van der Waals surface area contributed by atoms with Gasteiger partial charge in [0.25, 0.3) is 0 Å². The van der Waals surface area contributed by atoms with Gasteiger partial charge >= 0.3 is 0 Å². The molecule has 1 unspecified atom stereocenters. The molecule has 1 aromatic carbocycles. The summed E-state index contributed by atoms with van der Waals surface area (Å²) in [7, 11) is 0. The molecule has 1 aliphatic heterocycles. The van der Waals surface area contributed by atoms with E-state index in [1.54, 1.807) is 0 Å². The van der Waals surface area contributed by atoms with Crippen LogP contribution in [0.2, 0.25) is 0 Å². The van der Waals surface area contributed by atoms with Gasteiger partial charge in [0.15, 0.2) is 0 Å². The topological polar surface area (TPSA) is 42.2 Å². The predicted octanol–water partition coefficient (Wildman–Crippen LogP) is 4.32. The number of para-hydroxylation sites is 1. The molecule has 5 heteroatoms. The van der Waals surface area contributed by atoms with Gasteiger partial charge < -0.3 is 4.52 Å². The zero-order valence-corrected chi connectivity index (χ0v) is 13.5. The van der Waals surface area contributed by atoms with Crippen LogP contribution in [0.3, 0.4) is 0 Å². The van der Waals surface area contributed by atoms with E-state index in [0.717, 1.165) is 30.1 Å². The summed E-state index contributed by atoms with van der Waals surface area (Å²) in [5.41, 5.74) is 2.14. The van der Waals surface area contributed by atoms with Crippen LogP contribution in [0.1, 0.15) is 41.8 Å². The first-order chi connectivity index (χ1) is 10.8. The molecule has 1 fully saturated rings. The van der Waals surface area contributed by atoms with Gasteiger partial charge in [0.1, 0.15) is 10.8 Å². The number of hydrogen-bond donors (Lipinski definition) is 0. The zero-order valence-electron chi connectivity index (χ0n) is 12.7. The van der Waals surface area contributed by atoms with E-state index in [1.165, 1.54) is 29.0 Å². The second kappa shape index (κ2) is 5.82. The van der Waals surface area contributed by atoms with Crippen molar-refractivity contribution in [2.45, 2.75) is 38.8 Å². The first-order valence-corrected chi connectivity index (χ1v) is 8.63. The van der Waals surface area contributed by atoms with Crippen molar-refractivity contribution in [1.29, 1.82) is 0 Å². The fraction of sp³-hybridized carbons (Fsp3) is 0.412. The smallest absolute Gasteiger partial charge is 0.133 e. The van der Waals surface area contributed by atoms with Crippen molar-refractivity contribution in [1.82, 2.24) is 15.0 Å². The van der Waals surface area contributed by atoms with Crippen molar-refractivity contribution >= 4 is 21.6 Å². The number of nitrogens with zero attached hydrogens (tertiary/aromatic N) is 3. The maximum absolute atomic E-state index is 5.21. The Morgan fingerprint density at radius 2 is 2.23 bits per heavy atom. The van der Waals surface area contributed by atoms with Gasteiger partial charge in [-0.1, -0.05) is 23.7 Å². The molecule has 22 heavy (non-hydrogen) atoms. The highest BCUT2D eigenvalue weighted by atomic mass is 32.1. The van der Waals surface area contributed by atoms with Crippen molar-refractivity contribution in [3.05, 3.63) is 46.8 Å². The molecule has 0 saturated carbocycles. The molecule has 0 N–H and O–H groups in total. The predicted molar refractivity (Wildman–Crippen MR) is 87.9 cm³/mol. The van der Waals surface area contributed by atoms with Gasteiger partial charge in [-0.05, 0) is 38.4 Å². The molecule has 0 amide bonds. The average Bonchev–Trinajstić information content (AvgIpc) is 3.14. The molecule has 0 spiro atoms. The van der Waals surface area contributed by atoms with Gasteiger partial charge in [-0.25, -0.2) is 4.98 Å². The normalized spacial score (nSPS) is 19.8. The Morgan fingerprint density at radius 3 is 3.05 bits per heavy atom. The quantitative estimate of drug-likeness (QED) is 0.722. The van der Waals surface area contributed by atoms with Crippen LogP contribution in [0.5, 0.6) is 0 Å². The molecule has 1 atom stereocenters. The van der Waals surface area contributed by atoms with E-state index in [4.69, 9.17) is 9.51 Å². The highest BCUT2D eigenvalue weighted by Gasteiger charge is 2.27. The van der Waals surface area contributed by atoms with Crippen LogP contribution in [0.25, 0.3) is 10.2 Å². The molecule has 114 valence electrons. The number of hydrogen-bond acceptors (Lipinski definition) is 5. The summed E-state index contributed by atoms with van der Waals surface area (Å²) >= 11 is 1.83. The van der Waals surface area contributed by atoms with Gasteiger partial charge in [-0.2, -0.15) is 0 Å². The van der Waals surface area contributed by atoms with E-state index in [0.29, 0.717) is 6.04 Å². The number of benzene rings is 1. The Labute approximate surface area is 133 Å². The highest BCUT2D eigenvalue weighted by molar-refractivity contribution is 7.18. The highest BCUT2D eigenvalue weighted by Crippen LogP contribution is 2.36. The van der Waals surface area contributed by atoms with E-state index in [1.807, 2.05) is 24.3 Å². The number of rotatable bonds is 3. The Morgan fingerprint density at radius 1 is 1.32 bits per heavy atom. The summed E-state index contributed by atoms with van der Waals surface area (Å²) in [5.74, 6) is 0.878. The van der Waals surface area contributed by atoms with Crippen LogP contribution in [0.15, 0.2) is 34.9 Å².